The van der Waals surface area contributed by atoms with Gasteiger partial charge in [0.25, 0.3) is 0 Å². The Labute approximate surface area is 202 Å². The Kier molecular flexibility index (Phi) is 6.17. The third-order valence-electron chi connectivity index (χ3n) is 5.23. The molecule has 0 radical (unpaired) electrons. The largest absolute Gasteiger partial charge is 0.479 e. The van der Waals surface area contributed by atoms with E-state index in [4.69, 9.17) is 10.5 Å². The van der Waals surface area contributed by atoms with Crippen LogP contribution in [-0.4, -0.2) is 33.4 Å². The van der Waals surface area contributed by atoms with Crippen LogP contribution >= 0.6 is 12.4 Å². The van der Waals surface area contributed by atoms with Crippen LogP contribution in [0.1, 0.15) is 11.1 Å². The summed E-state index contributed by atoms with van der Waals surface area (Å²) in [5, 5.41) is 28.1. The molecule has 2 aliphatic rings. The first-order valence-corrected chi connectivity index (χ1v) is 10.0. The monoisotopic (exact) mass is 471 g/mol. The average molecular weight is 472 g/mol. The zero-order valence-electron chi connectivity index (χ0n) is 17.7. The second-order valence-corrected chi connectivity index (χ2v) is 7.31. The topological polar surface area (TPSA) is 119 Å². The van der Waals surface area contributed by atoms with Crippen molar-refractivity contribution in [2.75, 3.05) is 32.9 Å². The molecule has 0 bridgehead atoms. The number of hydrogen-bond donors (Lipinski definition) is 1. The lowest BCUT2D eigenvalue weighted by Gasteiger charge is -2.22. The standard InChI is InChI=1S/C23H17N9O.ClH/c24-13-17-1-5-19(6-2-17)29-9-11-31(15-29)21-26-22(28-23(33)27-21)32-12-10-30(16-32)20-7-3-18(14-25)4-8-20;/h1-12H,15-16H2,(H,26,27,28,33);1H. The molecule has 5 rings (SSSR count). The summed E-state index contributed by atoms with van der Waals surface area (Å²) in [6, 6.07) is 18.4. The van der Waals surface area contributed by atoms with Gasteiger partial charge in [-0.3, -0.25) is 9.80 Å². The normalized spacial score (nSPS) is 14.2. The highest BCUT2D eigenvalue weighted by Crippen LogP contribution is 2.27. The van der Waals surface area contributed by atoms with Crippen molar-refractivity contribution in [2.24, 2.45) is 0 Å². The van der Waals surface area contributed by atoms with Crippen LogP contribution in [0.2, 0.25) is 0 Å². The summed E-state index contributed by atoms with van der Waals surface area (Å²) in [6.45, 7) is 0.893. The Bertz CT molecular complexity index is 1230. The lowest BCUT2D eigenvalue weighted by molar-refractivity contribution is 0.428. The van der Waals surface area contributed by atoms with Crippen LogP contribution in [0.3, 0.4) is 0 Å². The van der Waals surface area contributed by atoms with E-state index in [1.165, 1.54) is 0 Å². The fraction of sp³-hybridized carbons (Fsp3) is 0.0870. The lowest BCUT2D eigenvalue weighted by Crippen LogP contribution is -2.28. The van der Waals surface area contributed by atoms with Crippen molar-refractivity contribution in [1.29, 1.82) is 10.5 Å². The van der Waals surface area contributed by atoms with Crippen LogP contribution in [0.25, 0.3) is 0 Å². The molecule has 3 heterocycles. The third kappa shape index (κ3) is 4.39. The van der Waals surface area contributed by atoms with Gasteiger partial charge in [-0.25, -0.2) is 0 Å². The van der Waals surface area contributed by atoms with Crippen molar-refractivity contribution in [3.63, 3.8) is 0 Å². The minimum atomic E-state index is -0.370. The first-order valence-electron chi connectivity index (χ1n) is 10.0. The molecule has 0 amide bonds. The van der Waals surface area contributed by atoms with Gasteiger partial charge in [-0.1, -0.05) is 0 Å². The Morgan fingerprint density at radius 1 is 0.618 bits per heavy atom. The molecule has 0 aliphatic carbocycles. The van der Waals surface area contributed by atoms with Crippen LogP contribution in [0.5, 0.6) is 6.01 Å². The number of nitriles is 2. The van der Waals surface area contributed by atoms with Gasteiger partial charge in [0.05, 0.1) is 23.3 Å². The zero-order valence-corrected chi connectivity index (χ0v) is 18.5. The predicted octanol–water partition coefficient (Wildman–Crippen LogP) is 3.25. The number of benzene rings is 2. The maximum absolute atomic E-state index is 10.1. The SMILES string of the molecule is Cl.N#Cc1ccc(N2C=CN(c3nc(O)nc(N4C=CN(c5ccc(C#N)cc5)C4)n3)C2)cc1. The Morgan fingerprint density at radius 2 is 1.00 bits per heavy atom. The second-order valence-electron chi connectivity index (χ2n) is 7.31. The molecule has 34 heavy (non-hydrogen) atoms. The molecule has 0 saturated heterocycles. The van der Waals surface area contributed by atoms with Crippen molar-refractivity contribution in [3.05, 3.63) is 84.5 Å². The van der Waals surface area contributed by atoms with E-state index in [0.717, 1.165) is 11.4 Å². The summed E-state index contributed by atoms with van der Waals surface area (Å²) in [6.07, 6.45) is 7.40. The van der Waals surface area contributed by atoms with Gasteiger partial charge in [-0.05, 0) is 48.5 Å². The highest BCUT2D eigenvalue weighted by Gasteiger charge is 2.23. The minimum Gasteiger partial charge on any atom is -0.479 e. The summed E-state index contributed by atoms with van der Waals surface area (Å²) >= 11 is 0. The molecule has 3 aromatic rings. The number of rotatable bonds is 4. The first kappa shape index (κ1) is 22.4. The van der Waals surface area contributed by atoms with Crippen LogP contribution in [0, 0.1) is 22.7 Å². The van der Waals surface area contributed by atoms with Gasteiger partial charge in [-0.2, -0.15) is 25.5 Å². The van der Waals surface area contributed by atoms with Crippen LogP contribution in [0.15, 0.2) is 73.3 Å². The third-order valence-corrected chi connectivity index (χ3v) is 5.23. The molecular formula is C23H18ClN9O. The van der Waals surface area contributed by atoms with E-state index < -0.39 is 0 Å². The van der Waals surface area contributed by atoms with E-state index in [-0.39, 0.29) is 18.4 Å². The van der Waals surface area contributed by atoms with Crippen molar-refractivity contribution in [2.45, 2.75) is 0 Å². The van der Waals surface area contributed by atoms with E-state index in [1.807, 2.05) is 58.9 Å². The molecule has 0 unspecified atom stereocenters. The predicted molar refractivity (Wildman–Crippen MR) is 129 cm³/mol. The Morgan fingerprint density at radius 3 is 1.38 bits per heavy atom. The van der Waals surface area contributed by atoms with Gasteiger partial charge < -0.3 is 14.9 Å². The Balaban J connectivity index is 0.00000274. The van der Waals surface area contributed by atoms with Crippen molar-refractivity contribution in [1.82, 2.24) is 15.0 Å². The molecule has 0 fully saturated rings. The number of halogens is 1. The maximum atomic E-state index is 10.1. The molecule has 168 valence electrons. The lowest BCUT2D eigenvalue weighted by atomic mass is 10.2. The molecule has 0 spiro atoms. The smallest absolute Gasteiger partial charge is 0.320 e. The summed E-state index contributed by atoms with van der Waals surface area (Å²) < 4.78 is 0. The van der Waals surface area contributed by atoms with Crippen LogP contribution in [0.4, 0.5) is 23.3 Å². The van der Waals surface area contributed by atoms with E-state index >= 15 is 0 Å². The molecular weight excluding hydrogens is 454 g/mol. The van der Waals surface area contributed by atoms with Gasteiger partial charge in [0.1, 0.15) is 13.3 Å². The number of anilines is 4. The maximum Gasteiger partial charge on any atom is 0.320 e. The molecule has 2 aliphatic heterocycles. The van der Waals surface area contributed by atoms with Gasteiger partial charge >= 0.3 is 6.01 Å². The summed E-state index contributed by atoms with van der Waals surface area (Å²) in [5.41, 5.74) is 3.04. The van der Waals surface area contributed by atoms with E-state index in [1.54, 1.807) is 34.1 Å². The molecule has 1 N–H and O–H groups in total. The molecule has 0 atom stereocenters. The number of hydrogen-bond acceptors (Lipinski definition) is 10. The minimum absolute atomic E-state index is 0. The van der Waals surface area contributed by atoms with E-state index in [9.17, 15) is 5.11 Å². The molecule has 11 heteroatoms. The second kappa shape index (κ2) is 9.36. The van der Waals surface area contributed by atoms with E-state index in [2.05, 4.69) is 27.1 Å². The Hall–Kier alpha value is -4.80. The van der Waals surface area contributed by atoms with E-state index in [0.29, 0.717) is 36.4 Å². The van der Waals surface area contributed by atoms with Gasteiger partial charge in [0.15, 0.2) is 0 Å². The van der Waals surface area contributed by atoms with Gasteiger partial charge in [-0.15, -0.1) is 12.4 Å². The van der Waals surface area contributed by atoms with Crippen LogP contribution in [-0.2, 0) is 0 Å². The number of aromatic hydroxyl groups is 1. The first-order chi connectivity index (χ1) is 16.1. The highest BCUT2D eigenvalue weighted by molar-refractivity contribution is 5.85. The summed E-state index contributed by atoms with van der Waals surface area (Å²) in [7, 11) is 0. The van der Waals surface area contributed by atoms with Crippen LogP contribution < -0.4 is 19.6 Å². The van der Waals surface area contributed by atoms with Crippen molar-refractivity contribution >= 4 is 35.7 Å². The van der Waals surface area contributed by atoms with Crippen molar-refractivity contribution < 1.29 is 5.11 Å². The molecule has 10 nitrogen and oxygen atoms in total. The molecule has 1 aromatic heterocycles. The number of nitrogens with zero attached hydrogens (tertiary/aromatic N) is 9. The van der Waals surface area contributed by atoms with Crippen molar-refractivity contribution in [3.8, 4) is 18.1 Å². The van der Waals surface area contributed by atoms with Gasteiger partial charge in [0, 0.05) is 36.2 Å². The fourth-order valence-corrected chi connectivity index (χ4v) is 3.49. The molecule has 0 saturated carbocycles. The summed E-state index contributed by atoms with van der Waals surface area (Å²) in [4.78, 5) is 20.2. The average Bonchev–Trinajstić information content (AvgIpc) is 3.54. The quantitative estimate of drug-likeness (QED) is 0.607. The molecule has 2 aromatic carbocycles. The zero-order chi connectivity index (χ0) is 22.8. The highest BCUT2D eigenvalue weighted by atomic mass is 35.5. The number of aromatic nitrogens is 3. The summed E-state index contributed by atoms with van der Waals surface area (Å²) in [5.74, 6) is 0.630. The van der Waals surface area contributed by atoms with Gasteiger partial charge in [0.2, 0.25) is 11.9 Å². The fourth-order valence-electron chi connectivity index (χ4n) is 3.49.